The van der Waals surface area contributed by atoms with Crippen molar-refractivity contribution in [2.75, 3.05) is 18.8 Å². The predicted molar refractivity (Wildman–Crippen MR) is 47.4 cm³/mol. The number of rotatable bonds is 4. The van der Waals surface area contributed by atoms with Crippen LogP contribution in [0.15, 0.2) is 0 Å². The number of nitrogens with one attached hydrogen (secondary N) is 1. The van der Waals surface area contributed by atoms with E-state index in [2.05, 4.69) is 12.2 Å². The van der Waals surface area contributed by atoms with Crippen LogP contribution in [-0.4, -0.2) is 30.1 Å². The third-order valence-electron chi connectivity index (χ3n) is 1.67. The van der Waals surface area contributed by atoms with E-state index in [0.717, 1.165) is 11.7 Å². The molecule has 0 saturated carbocycles. The van der Waals surface area contributed by atoms with Crippen molar-refractivity contribution in [1.82, 2.24) is 5.32 Å². The molecule has 1 heterocycles. The topological polar surface area (TPSA) is 38.0 Å². The van der Waals surface area contributed by atoms with Gasteiger partial charge in [-0.05, 0) is 19.1 Å². The van der Waals surface area contributed by atoms with Crippen molar-refractivity contribution < 1.29 is 0 Å². The summed E-state index contributed by atoms with van der Waals surface area (Å²) in [6.07, 6.45) is 1.15. The zero-order valence-electron chi connectivity index (χ0n) is 6.47. The molecule has 3 heteroatoms. The van der Waals surface area contributed by atoms with Crippen molar-refractivity contribution >= 4 is 11.8 Å². The second-order valence-corrected chi connectivity index (χ2v) is 4.33. The predicted octanol–water partition coefficient (Wildman–Crippen LogP) is 0.429. The molecule has 0 radical (unpaired) electrons. The second kappa shape index (κ2) is 4.21. The Kier molecular flexibility index (Phi) is 3.52. The van der Waals surface area contributed by atoms with Gasteiger partial charge in [-0.2, -0.15) is 11.8 Å². The van der Waals surface area contributed by atoms with Crippen LogP contribution in [0.1, 0.15) is 13.3 Å². The van der Waals surface area contributed by atoms with Gasteiger partial charge >= 0.3 is 0 Å². The van der Waals surface area contributed by atoms with Crippen molar-refractivity contribution in [1.29, 1.82) is 0 Å². The smallest absolute Gasteiger partial charge is 0.0297 e. The van der Waals surface area contributed by atoms with E-state index in [1.807, 2.05) is 11.8 Å². The van der Waals surface area contributed by atoms with Crippen LogP contribution in [0.5, 0.6) is 0 Å². The molecule has 10 heavy (non-hydrogen) atoms. The zero-order valence-corrected chi connectivity index (χ0v) is 7.29. The molecule has 1 aliphatic rings. The van der Waals surface area contributed by atoms with E-state index >= 15 is 0 Å². The fraction of sp³-hybridized carbons (Fsp3) is 1.00. The molecule has 1 aliphatic heterocycles. The third kappa shape index (κ3) is 2.90. The molecule has 1 fully saturated rings. The van der Waals surface area contributed by atoms with Gasteiger partial charge in [0.05, 0.1) is 0 Å². The molecule has 0 aromatic carbocycles. The minimum absolute atomic E-state index is 0.375. The summed E-state index contributed by atoms with van der Waals surface area (Å²) in [5.41, 5.74) is 5.61. The molecule has 60 valence electrons. The monoisotopic (exact) mass is 160 g/mol. The fourth-order valence-corrected chi connectivity index (χ4v) is 2.11. The van der Waals surface area contributed by atoms with Gasteiger partial charge in [-0.3, -0.25) is 0 Å². The Hall–Kier alpha value is 0.270. The molecular weight excluding hydrogens is 144 g/mol. The van der Waals surface area contributed by atoms with E-state index in [1.54, 1.807) is 0 Å². The van der Waals surface area contributed by atoms with Gasteiger partial charge in [-0.25, -0.2) is 0 Å². The Morgan fingerprint density at radius 1 is 1.70 bits per heavy atom. The van der Waals surface area contributed by atoms with E-state index in [4.69, 9.17) is 5.73 Å². The molecule has 1 atom stereocenters. The van der Waals surface area contributed by atoms with Crippen molar-refractivity contribution in [3.8, 4) is 0 Å². The van der Waals surface area contributed by atoms with Crippen LogP contribution in [0, 0.1) is 0 Å². The Bertz CT molecular complexity index is 91.6. The highest BCUT2D eigenvalue weighted by Crippen LogP contribution is 2.15. The van der Waals surface area contributed by atoms with Gasteiger partial charge in [-0.1, -0.05) is 0 Å². The first-order valence-corrected chi connectivity index (χ1v) is 4.92. The Morgan fingerprint density at radius 3 is 2.80 bits per heavy atom. The van der Waals surface area contributed by atoms with Crippen LogP contribution in [0.2, 0.25) is 0 Å². The molecule has 0 bridgehead atoms. The highest BCUT2D eigenvalue weighted by Gasteiger charge is 2.16. The highest BCUT2D eigenvalue weighted by atomic mass is 32.2. The van der Waals surface area contributed by atoms with Crippen LogP contribution >= 0.6 is 11.8 Å². The molecular formula is C7H16N2S. The molecule has 1 saturated heterocycles. The SMILES string of the molecule is CC(N)CCSC1CNC1. The average molecular weight is 160 g/mol. The molecule has 1 unspecified atom stereocenters. The summed E-state index contributed by atoms with van der Waals surface area (Å²) in [5.74, 6) is 1.23. The van der Waals surface area contributed by atoms with Crippen LogP contribution in [0.3, 0.4) is 0 Å². The summed E-state index contributed by atoms with van der Waals surface area (Å²) >= 11 is 2.05. The first kappa shape index (κ1) is 8.37. The number of hydrogen-bond acceptors (Lipinski definition) is 3. The number of hydrogen-bond donors (Lipinski definition) is 2. The van der Waals surface area contributed by atoms with Crippen molar-refractivity contribution in [3.63, 3.8) is 0 Å². The molecule has 3 N–H and O–H groups in total. The minimum Gasteiger partial charge on any atom is -0.328 e. The normalized spacial score (nSPS) is 22.2. The maximum atomic E-state index is 5.61. The molecule has 0 aromatic rings. The first-order valence-electron chi connectivity index (χ1n) is 3.87. The maximum absolute atomic E-state index is 5.61. The van der Waals surface area contributed by atoms with E-state index in [0.29, 0.717) is 6.04 Å². The highest BCUT2D eigenvalue weighted by molar-refractivity contribution is 8.00. The number of nitrogens with two attached hydrogens (primary N) is 1. The molecule has 0 aliphatic carbocycles. The molecule has 0 amide bonds. The largest absolute Gasteiger partial charge is 0.328 e. The molecule has 0 aromatic heterocycles. The maximum Gasteiger partial charge on any atom is 0.0297 e. The minimum atomic E-state index is 0.375. The van der Waals surface area contributed by atoms with Gasteiger partial charge in [0.2, 0.25) is 0 Å². The van der Waals surface area contributed by atoms with E-state index in [9.17, 15) is 0 Å². The van der Waals surface area contributed by atoms with Gasteiger partial charge in [0.15, 0.2) is 0 Å². The molecule has 0 spiro atoms. The molecule has 2 nitrogen and oxygen atoms in total. The summed E-state index contributed by atoms with van der Waals surface area (Å²) < 4.78 is 0. The van der Waals surface area contributed by atoms with Gasteiger partial charge in [0, 0.05) is 24.4 Å². The zero-order chi connectivity index (χ0) is 7.40. The van der Waals surface area contributed by atoms with Gasteiger partial charge < -0.3 is 11.1 Å². The summed E-state index contributed by atoms with van der Waals surface area (Å²) in [7, 11) is 0. The van der Waals surface area contributed by atoms with E-state index in [1.165, 1.54) is 18.8 Å². The van der Waals surface area contributed by atoms with Crippen LogP contribution in [0.25, 0.3) is 0 Å². The van der Waals surface area contributed by atoms with E-state index in [-0.39, 0.29) is 0 Å². The summed E-state index contributed by atoms with van der Waals surface area (Å²) in [6.45, 7) is 4.47. The van der Waals surface area contributed by atoms with Gasteiger partial charge in [0.1, 0.15) is 0 Å². The Labute approximate surface area is 66.9 Å². The summed E-state index contributed by atoms with van der Waals surface area (Å²) in [4.78, 5) is 0. The summed E-state index contributed by atoms with van der Waals surface area (Å²) in [5, 5.41) is 4.12. The lowest BCUT2D eigenvalue weighted by molar-refractivity contribution is 0.543. The summed E-state index contributed by atoms with van der Waals surface area (Å²) in [6, 6.07) is 0.375. The third-order valence-corrected chi connectivity index (χ3v) is 2.95. The fourth-order valence-electron chi connectivity index (χ4n) is 0.801. The van der Waals surface area contributed by atoms with Crippen molar-refractivity contribution in [3.05, 3.63) is 0 Å². The van der Waals surface area contributed by atoms with Crippen LogP contribution < -0.4 is 11.1 Å². The Balaban J connectivity index is 1.85. The second-order valence-electron chi connectivity index (χ2n) is 2.92. The van der Waals surface area contributed by atoms with Crippen LogP contribution in [-0.2, 0) is 0 Å². The van der Waals surface area contributed by atoms with E-state index < -0.39 is 0 Å². The van der Waals surface area contributed by atoms with Gasteiger partial charge in [-0.15, -0.1) is 0 Å². The number of thioether (sulfide) groups is 1. The average Bonchev–Trinajstić information content (AvgIpc) is 1.75. The van der Waals surface area contributed by atoms with Crippen LogP contribution in [0.4, 0.5) is 0 Å². The van der Waals surface area contributed by atoms with Crippen molar-refractivity contribution in [2.45, 2.75) is 24.6 Å². The standard InChI is InChI=1S/C7H16N2S/c1-6(8)2-3-10-7-4-9-5-7/h6-7,9H,2-5,8H2,1H3. The lowest BCUT2D eigenvalue weighted by Crippen LogP contribution is -2.44. The molecule has 1 rings (SSSR count). The quantitative estimate of drug-likeness (QED) is 0.626. The van der Waals surface area contributed by atoms with Crippen molar-refractivity contribution in [2.24, 2.45) is 5.73 Å². The Morgan fingerprint density at radius 2 is 2.40 bits per heavy atom. The lowest BCUT2D eigenvalue weighted by atomic mass is 10.3. The lowest BCUT2D eigenvalue weighted by Gasteiger charge is -2.26. The van der Waals surface area contributed by atoms with Gasteiger partial charge in [0.25, 0.3) is 0 Å². The first-order chi connectivity index (χ1) is 4.79.